The van der Waals surface area contributed by atoms with Gasteiger partial charge >= 0.3 is 17.8 Å². The van der Waals surface area contributed by atoms with E-state index in [1.54, 1.807) is 22.9 Å². The van der Waals surface area contributed by atoms with Gasteiger partial charge in [-0.25, -0.2) is 4.79 Å². The van der Waals surface area contributed by atoms with E-state index in [0.717, 1.165) is 11.4 Å². The number of para-hydroxylation sites is 1. The van der Waals surface area contributed by atoms with Crippen LogP contribution in [0.15, 0.2) is 34.9 Å². The standard InChI is InChI=1S/C20H22N6O5/c1-12-10-13(2)26(24-12)9-8-21-18(28)19-23-16(25-31-19)11-17(27)22-15-7-5-4-6-14(15)20(29)30-3/h4-7,10H,8-9,11H2,1-3H3,(H,21,28)(H,22,27). The highest BCUT2D eigenvalue weighted by Crippen LogP contribution is 2.16. The largest absolute Gasteiger partial charge is 0.465 e. The Kier molecular flexibility index (Phi) is 6.75. The number of amides is 2. The van der Waals surface area contributed by atoms with Crippen molar-refractivity contribution in [2.45, 2.75) is 26.8 Å². The quantitative estimate of drug-likeness (QED) is 0.513. The van der Waals surface area contributed by atoms with Crippen molar-refractivity contribution < 1.29 is 23.6 Å². The Balaban J connectivity index is 1.53. The van der Waals surface area contributed by atoms with Crippen molar-refractivity contribution >= 4 is 23.5 Å². The predicted molar refractivity (Wildman–Crippen MR) is 108 cm³/mol. The van der Waals surface area contributed by atoms with Crippen LogP contribution in [0.3, 0.4) is 0 Å². The fourth-order valence-corrected chi connectivity index (χ4v) is 2.89. The summed E-state index contributed by atoms with van der Waals surface area (Å²) in [6.45, 7) is 4.64. The first-order valence-electron chi connectivity index (χ1n) is 9.46. The summed E-state index contributed by atoms with van der Waals surface area (Å²) >= 11 is 0. The van der Waals surface area contributed by atoms with Crippen LogP contribution in [0.4, 0.5) is 5.69 Å². The van der Waals surface area contributed by atoms with E-state index >= 15 is 0 Å². The summed E-state index contributed by atoms with van der Waals surface area (Å²) in [4.78, 5) is 40.2. The maximum absolute atomic E-state index is 12.3. The highest BCUT2D eigenvalue weighted by molar-refractivity contribution is 6.01. The zero-order chi connectivity index (χ0) is 22.4. The molecule has 2 heterocycles. The van der Waals surface area contributed by atoms with Gasteiger partial charge in [-0.2, -0.15) is 10.1 Å². The molecule has 0 aliphatic rings. The molecule has 3 aromatic rings. The predicted octanol–water partition coefficient (Wildman–Crippen LogP) is 1.28. The number of carbonyl (C=O) groups excluding carboxylic acids is 3. The van der Waals surface area contributed by atoms with Gasteiger partial charge in [0.2, 0.25) is 5.91 Å². The third-order valence-corrected chi connectivity index (χ3v) is 4.30. The van der Waals surface area contributed by atoms with E-state index in [4.69, 9.17) is 9.26 Å². The zero-order valence-corrected chi connectivity index (χ0v) is 17.3. The van der Waals surface area contributed by atoms with Crippen LogP contribution in [0.2, 0.25) is 0 Å². The van der Waals surface area contributed by atoms with E-state index < -0.39 is 17.8 Å². The van der Waals surface area contributed by atoms with Crippen LogP contribution in [-0.4, -0.2) is 51.4 Å². The molecule has 0 radical (unpaired) electrons. The van der Waals surface area contributed by atoms with Crippen molar-refractivity contribution in [3.63, 3.8) is 0 Å². The molecule has 1 aromatic carbocycles. The highest BCUT2D eigenvalue weighted by atomic mass is 16.5. The van der Waals surface area contributed by atoms with Gasteiger partial charge in [0.05, 0.1) is 37.0 Å². The van der Waals surface area contributed by atoms with Crippen molar-refractivity contribution in [2.75, 3.05) is 19.0 Å². The summed E-state index contributed by atoms with van der Waals surface area (Å²) in [7, 11) is 1.25. The Bertz CT molecular complexity index is 1100. The van der Waals surface area contributed by atoms with E-state index in [1.165, 1.54) is 13.2 Å². The summed E-state index contributed by atoms with van der Waals surface area (Å²) in [6, 6.07) is 8.37. The topological polar surface area (TPSA) is 141 Å². The minimum Gasteiger partial charge on any atom is -0.465 e. The second-order valence-electron chi connectivity index (χ2n) is 6.68. The van der Waals surface area contributed by atoms with Crippen LogP contribution in [0.1, 0.15) is 38.3 Å². The van der Waals surface area contributed by atoms with Crippen LogP contribution in [-0.2, 0) is 22.5 Å². The second kappa shape index (κ2) is 9.65. The molecule has 0 atom stereocenters. The molecular formula is C20H22N6O5. The van der Waals surface area contributed by atoms with Crippen LogP contribution < -0.4 is 10.6 Å². The lowest BCUT2D eigenvalue weighted by molar-refractivity contribution is -0.115. The van der Waals surface area contributed by atoms with Crippen LogP contribution in [0.25, 0.3) is 0 Å². The van der Waals surface area contributed by atoms with Crippen LogP contribution in [0.5, 0.6) is 0 Å². The molecule has 31 heavy (non-hydrogen) atoms. The summed E-state index contributed by atoms with van der Waals surface area (Å²) in [5, 5.41) is 13.2. The van der Waals surface area contributed by atoms with Crippen molar-refractivity contribution in [2.24, 2.45) is 0 Å². The smallest absolute Gasteiger partial charge is 0.339 e. The van der Waals surface area contributed by atoms with E-state index in [0.29, 0.717) is 18.8 Å². The minimum atomic E-state index is -0.574. The molecule has 0 aliphatic carbocycles. The Morgan fingerprint density at radius 1 is 1.19 bits per heavy atom. The molecule has 2 N–H and O–H groups in total. The van der Waals surface area contributed by atoms with Gasteiger partial charge in [-0.05, 0) is 32.0 Å². The van der Waals surface area contributed by atoms with Gasteiger partial charge in [0.15, 0.2) is 5.82 Å². The molecule has 11 heteroatoms. The average molecular weight is 426 g/mol. The molecule has 162 valence electrons. The number of rotatable bonds is 8. The maximum Gasteiger partial charge on any atom is 0.339 e. The molecule has 0 aliphatic heterocycles. The van der Waals surface area contributed by atoms with Gasteiger partial charge in [-0.3, -0.25) is 14.3 Å². The molecule has 11 nitrogen and oxygen atoms in total. The summed E-state index contributed by atoms with van der Waals surface area (Å²) < 4.78 is 11.4. The fourth-order valence-electron chi connectivity index (χ4n) is 2.89. The molecule has 0 fully saturated rings. The molecule has 0 bridgehead atoms. The number of aryl methyl sites for hydroxylation is 2. The van der Waals surface area contributed by atoms with E-state index in [-0.39, 0.29) is 23.7 Å². The number of esters is 1. The van der Waals surface area contributed by atoms with Crippen LogP contribution >= 0.6 is 0 Å². The number of hydrogen-bond donors (Lipinski definition) is 2. The van der Waals surface area contributed by atoms with E-state index in [1.807, 2.05) is 19.9 Å². The van der Waals surface area contributed by atoms with Gasteiger partial charge < -0.3 is 19.9 Å². The lowest BCUT2D eigenvalue weighted by Gasteiger charge is -2.08. The molecule has 2 amide bonds. The number of carbonyl (C=O) groups is 3. The molecule has 0 unspecified atom stereocenters. The molecule has 3 rings (SSSR count). The molecule has 0 saturated heterocycles. The minimum absolute atomic E-state index is 0.0387. The number of hydrogen-bond acceptors (Lipinski definition) is 8. The monoisotopic (exact) mass is 426 g/mol. The van der Waals surface area contributed by atoms with Crippen molar-refractivity contribution in [3.8, 4) is 0 Å². The van der Waals surface area contributed by atoms with Gasteiger partial charge in [0.25, 0.3) is 0 Å². The van der Waals surface area contributed by atoms with Gasteiger partial charge in [-0.1, -0.05) is 17.3 Å². The third-order valence-electron chi connectivity index (χ3n) is 4.30. The number of ether oxygens (including phenoxy) is 1. The fraction of sp³-hybridized carbons (Fsp3) is 0.300. The van der Waals surface area contributed by atoms with Gasteiger partial charge in [-0.15, -0.1) is 0 Å². The molecule has 0 spiro atoms. The second-order valence-corrected chi connectivity index (χ2v) is 6.68. The summed E-state index contributed by atoms with van der Waals surface area (Å²) in [5.41, 5.74) is 2.41. The lowest BCUT2D eigenvalue weighted by atomic mass is 10.1. The maximum atomic E-state index is 12.3. The SMILES string of the molecule is COC(=O)c1ccccc1NC(=O)Cc1noc(C(=O)NCCn2nc(C)cc2C)n1. The van der Waals surface area contributed by atoms with E-state index in [2.05, 4.69) is 25.9 Å². The Hall–Kier alpha value is -4.02. The highest BCUT2D eigenvalue weighted by Gasteiger charge is 2.18. The molecule has 0 saturated carbocycles. The summed E-state index contributed by atoms with van der Waals surface area (Å²) in [6.07, 6.45) is -0.238. The van der Waals surface area contributed by atoms with Crippen molar-refractivity contribution in [1.29, 1.82) is 0 Å². The van der Waals surface area contributed by atoms with Crippen LogP contribution in [0, 0.1) is 13.8 Å². The van der Waals surface area contributed by atoms with E-state index in [9.17, 15) is 14.4 Å². The Labute approximate surface area is 177 Å². The molecule has 2 aromatic heterocycles. The first-order chi connectivity index (χ1) is 14.9. The van der Waals surface area contributed by atoms with Crippen molar-refractivity contribution in [1.82, 2.24) is 25.2 Å². The number of benzene rings is 1. The Morgan fingerprint density at radius 2 is 1.97 bits per heavy atom. The number of methoxy groups -OCH3 is 1. The average Bonchev–Trinajstić information content (AvgIpc) is 3.33. The third kappa shape index (κ3) is 5.53. The lowest BCUT2D eigenvalue weighted by Crippen LogP contribution is -2.28. The first-order valence-corrected chi connectivity index (χ1v) is 9.46. The van der Waals surface area contributed by atoms with Crippen molar-refractivity contribution in [3.05, 3.63) is 59.0 Å². The first kappa shape index (κ1) is 21.7. The van der Waals surface area contributed by atoms with Gasteiger partial charge in [0, 0.05) is 12.2 Å². The normalized spacial score (nSPS) is 10.5. The number of nitrogens with zero attached hydrogens (tertiary/aromatic N) is 4. The summed E-state index contributed by atoms with van der Waals surface area (Å²) in [5.74, 6) is -1.80. The zero-order valence-electron chi connectivity index (χ0n) is 17.3. The molecular weight excluding hydrogens is 404 g/mol. The number of aromatic nitrogens is 4. The number of nitrogens with one attached hydrogen (secondary N) is 2. The number of anilines is 1. The Morgan fingerprint density at radius 3 is 2.68 bits per heavy atom. The van der Waals surface area contributed by atoms with Gasteiger partial charge in [0.1, 0.15) is 0 Å².